The minimum atomic E-state index is -0.673. The number of thioether (sulfide) groups is 1. The predicted octanol–water partition coefficient (Wildman–Crippen LogP) is 1.43. The monoisotopic (exact) mass is 318 g/mol. The minimum absolute atomic E-state index is 0.00488. The molecule has 1 unspecified atom stereocenters. The van der Waals surface area contributed by atoms with Crippen LogP contribution in [0.2, 0.25) is 0 Å². The maximum atomic E-state index is 13.5. The fourth-order valence-corrected chi connectivity index (χ4v) is 3.34. The van der Waals surface area contributed by atoms with Gasteiger partial charge in [-0.15, -0.1) is 11.8 Å². The number of nitrogens with one attached hydrogen (secondary N) is 1. The van der Waals surface area contributed by atoms with Crippen LogP contribution in [0.4, 0.5) is 4.39 Å². The zero-order valence-electron chi connectivity index (χ0n) is 11.4. The third-order valence-electron chi connectivity index (χ3n) is 3.83. The van der Waals surface area contributed by atoms with Crippen molar-refractivity contribution in [2.24, 2.45) is 5.92 Å². The fourth-order valence-electron chi connectivity index (χ4n) is 2.40. The summed E-state index contributed by atoms with van der Waals surface area (Å²) < 4.78 is 14.6. The molecule has 4 rings (SSSR count). The molecule has 2 heterocycles. The highest BCUT2D eigenvalue weighted by Gasteiger charge is 2.49. The fraction of sp³-hybridized carbons (Fsp3) is 0.286. The molecule has 1 amide bonds. The quantitative estimate of drug-likeness (QED) is 0.377. The van der Waals surface area contributed by atoms with E-state index in [2.05, 4.69) is 15.4 Å². The molecule has 2 aliphatic rings. The van der Waals surface area contributed by atoms with Crippen molar-refractivity contribution in [3.8, 4) is 0 Å². The Labute approximate surface area is 128 Å². The standard InChI is InChI=1S/C14H11FN4O2S/c15-11-3-17-19-12(1-7(4-20)18-13(11)19)14(21)16-6-22-5-10-8-2-9(8)10/h1,3-4,8H,2,5-6H2,(H,16,21). The van der Waals surface area contributed by atoms with Crippen LogP contribution in [0.5, 0.6) is 0 Å². The van der Waals surface area contributed by atoms with Crippen molar-refractivity contribution in [3.63, 3.8) is 0 Å². The highest BCUT2D eigenvalue weighted by atomic mass is 32.2. The lowest BCUT2D eigenvalue weighted by atomic mass is 10.3. The van der Waals surface area contributed by atoms with Crippen molar-refractivity contribution < 1.29 is 14.0 Å². The van der Waals surface area contributed by atoms with E-state index in [1.807, 2.05) is 0 Å². The Hall–Kier alpha value is -2.22. The highest BCUT2D eigenvalue weighted by molar-refractivity contribution is 7.99. The van der Waals surface area contributed by atoms with Gasteiger partial charge in [-0.25, -0.2) is 13.9 Å². The third kappa shape index (κ3) is 2.19. The Morgan fingerprint density at radius 3 is 3.09 bits per heavy atom. The maximum Gasteiger partial charge on any atom is 0.270 e. The van der Waals surface area contributed by atoms with Gasteiger partial charge in [0.25, 0.3) is 5.91 Å². The van der Waals surface area contributed by atoms with Crippen LogP contribution in [0.1, 0.15) is 27.4 Å². The zero-order valence-corrected chi connectivity index (χ0v) is 12.2. The van der Waals surface area contributed by atoms with E-state index in [1.54, 1.807) is 17.3 Å². The topological polar surface area (TPSA) is 76.4 Å². The second-order valence-corrected chi connectivity index (χ2v) is 6.20. The summed E-state index contributed by atoms with van der Waals surface area (Å²) in [5, 5.41) is 6.52. The van der Waals surface area contributed by atoms with E-state index in [9.17, 15) is 14.0 Å². The number of aldehydes is 1. The van der Waals surface area contributed by atoms with Gasteiger partial charge in [-0.05, 0) is 12.5 Å². The van der Waals surface area contributed by atoms with Gasteiger partial charge in [0, 0.05) is 11.7 Å². The molecule has 0 spiro atoms. The van der Waals surface area contributed by atoms with Crippen LogP contribution < -0.4 is 5.32 Å². The summed E-state index contributed by atoms with van der Waals surface area (Å²) in [5.74, 6) is 1.09. The summed E-state index contributed by atoms with van der Waals surface area (Å²) in [4.78, 5) is 26.9. The number of rotatable bonds is 6. The molecule has 1 saturated carbocycles. The molecule has 6 nitrogen and oxygen atoms in total. The number of hydrogen-bond acceptors (Lipinski definition) is 5. The zero-order chi connectivity index (χ0) is 15.3. The van der Waals surface area contributed by atoms with Crippen LogP contribution >= 0.6 is 11.8 Å². The second kappa shape index (κ2) is 4.91. The predicted molar refractivity (Wildman–Crippen MR) is 78.3 cm³/mol. The number of fused-ring (bicyclic) bond motifs is 2. The number of carbonyl (C=O) groups is 2. The summed E-state index contributed by atoms with van der Waals surface area (Å²) in [6, 6.07) is 1.30. The number of amides is 1. The van der Waals surface area contributed by atoms with E-state index >= 15 is 0 Å². The van der Waals surface area contributed by atoms with Gasteiger partial charge in [0.05, 0.1) is 12.1 Å². The SMILES string of the molecule is O=Cc1cc(C(=O)NCSCC2=C3CC23)n2ncc(F)c2n1. The van der Waals surface area contributed by atoms with E-state index in [4.69, 9.17) is 0 Å². The summed E-state index contributed by atoms with van der Waals surface area (Å²) in [6.07, 6.45) is 2.71. The molecule has 8 heteroatoms. The average Bonchev–Trinajstić information content (AvgIpc) is 3.41. The largest absolute Gasteiger partial charge is 0.342 e. The van der Waals surface area contributed by atoms with Crippen LogP contribution in [0.25, 0.3) is 5.65 Å². The molecule has 0 aromatic carbocycles. The Kier molecular flexibility index (Phi) is 3.00. The van der Waals surface area contributed by atoms with Gasteiger partial charge in [-0.1, -0.05) is 11.1 Å². The molecule has 0 radical (unpaired) electrons. The third-order valence-corrected chi connectivity index (χ3v) is 4.69. The van der Waals surface area contributed by atoms with Crippen LogP contribution in [0.15, 0.2) is 23.4 Å². The number of carbonyl (C=O) groups excluding carboxylic acids is 2. The molecule has 22 heavy (non-hydrogen) atoms. The highest BCUT2D eigenvalue weighted by Crippen LogP contribution is 2.62. The second-order valence-electron chi connectivity index (χ2n) is 5.22. The maximum absolute atomic E-state index is 13.5. The normalized spacial score (nSPS) is 18.3. The molecular weight excluding hydrogens is 307 g/mol. The van der Waals surface area contributed by atoms with Gasteiger partial charge >= 0.3 is 0 Å². The van der Waals surface area contributed by atoms with Gasteiger partial charge in [-0.3, -0.25) is 9.59 Å². The van der Waals surface area contributed by atoms with Crippen molar-refractivity contribution in [3.05, 3.63) is 40.6 Å². The van der Waals surface area contributed by atoms with E-state index in [0.29, 0.717) is 12.2 Å². The summed E-state index contributed by atoms with van der Waals surface area (Å²) >= 11 is 1.62. The molecule has 1 N–H and O–H groups in total. The van der Waals surface area contributed by atoms with Crippen LogP contribution in [0.3, 0.4) is 0 Å². The first-order valence-corrected chi connectivity index (χ1v) is 7.91. The number of nitrogens with zero attached hydrogens (tertiary/aromatic N) is 3. The van der Waals surface area contributed by atoms with Crippen molar-refractivity contribution in [1.29, 1.82) is 0 Å². The van der Waals surface area contributed by atoms with Crippen molar-refractivity contribution in [2.45, 2.75) is 6.42 Å². The molecule has 2 aromatic heterocycles. The molecule has 2 aromatic rings. The Morgan fingerprint density at radius 1 is 1.59 bits per heavy atom. The number of halogens is 1. The van der Waals surface area contributed by atoms with Crippen LogP contribution in [0, 0.1) is 11.7 Å². The molecular formula is C14H11FN4O2S. The lowest BCUT2D eigenvalue weighted by Crippen LogP contribution is -2.26. The Bertz CT molecular complexity index is 845. The summed E-state index contributed by atoms with van der Waals surface area (Å²) in [7, 11) is 0. The van der Waals surface area contributed by atoms with Gasteiger partial charge in [0.15, 0.2) is 17.8 Å². The lowest BCUT2D eigenvalue weighted by molar-refractivity contribution is 0.0953. The molecule has 2 aliphatic carbocycles. The Balaban J connectivity index is 1.48. The molecule has 1 atom stereocenters. The average molecular weight is 318 g/mol. The Morgan fingerprint density at radius 2 is 2.41 bits per heavy atom. The van der Waals surface area contributed by atoms with Gasteiger partial charge in [0.1, 0.15) is 11.4 Å². The molecule has 0 bridgehead atoms. The number of aromatic nitrogens is 3. The molecule has 1 fully saturated rings. The van der Waals surface area contributed by atoms with E-state index in [1.165, 1.54) is 18.1 Å². The van der Waals surface area contributed by atoms with Crippen molar-refractivity contribution in [2.75, 3.05) is 11.6 Å². The van der Waals surface area contributed by atoms with Crippen LogP contribution in [-0.2, 0) is 0 Å². The minimum Gasteiger partial charge on any atom is -0.342 e. The summed E-state index contributed by atoms with van der Waals surface area (Å²) in [6.45, 7) is 0. The van der Waals surface area contributed by atoms with Crippen LogP contribution in [-0.4, -0.2) is 38.4 Å². The molecule has 0 aliphatic heterocycles. The summed E-state index contributed by atoms with van der Waals surface area (Å²) in [5.41, 5.74) is 3.05. The van der Waals surface area contributed by atoms with Gasteiger partial charge in [0.2, 0.25) is 0 Å². The molecule has 0 saturated heterocycles. The first-order chi connectivity index (χ1) is 10.7. The van der Waals surface area contributed by atoms with E-state index < -0.39 is 11.7 Å². The van der Waals surface area contributed by atoms with E-state index in [0.717, 1.165) is 22.4 Å². The number of allylic oxidation sites excluding steroid dienone is 1. The first-order valence-electron chi connectivity index (χ1n) is 6.76. The smallest absolute Gasteiger partial charge is 0.270 e. The molecule has 112 valence electrons. The number of hydrogen-bond donors (Lipinski definition) is 1. The first kappa shape index (κ1) is 13.4. The van der Waals surface area contributed by atoms with Crippen molar-refractivity contribution >= 4 is 29.6 Å². The van der Waals surface area contributed by atoms with E-state index in [-0.39, 0.29) is 17.0 Å². The lowest BCUT2D eigenvalue weighted by Gasteiger charge is -2.07. The van der Waals surface area contributed by atoms with Crippen molar-refractivity contribution in [1.82, 2.24) is 19.9 Å². The van der Waals surface area contributed by atoms with Gasteiger partial charge < -0.3 is 5.32 Å². The van der Waals surface area contributed by atoms with Gasteiger partial charge in [-0.2, -0.15) is 5.10 Å².